The van der Waals surface area contributed by atoms with Gasteiger partial charge in [0, 0.05) is 24.3 Å². The minimum absolute atomic E-state index is 0.0363. The van der Waals surface area contributed by atoms with Gasteiger partial charge in [0.05, 0.1) is 12.0 Å². The number of aliphatic hydroxyl groups is 1. The van der Waals surface area contributed by atoms with Crippen molar-refractivity contribution in [2.24, 2.45) is 11.7 Å². The minimum atomic E-state index is -0.662. The lowest BCUT2D eigenvalue weighted by atomic mass is 9.75. The Balaban J connectivity index is 1.51. The molecule has 45 heavy (non-hydrogen) atoms. The number of fused-ring (bicyclic) bond motifs is 1. The van der Waals surface area contributed by atoms with E-state index in [0.29, 0.717) is 5.56 Å². The van der Waals surface area contributed by atoms with Gasteiger partial charge >= 0.3 is 0 Å². The van der Waals surface area contributed by atoms with Crippen molar-refractivity contribution in [3.63, 3.8) is 0 Å². The number of amides is 1. The molecule has 0 saturated heterocycles. The lowest BCUT2D eigenvalue weighted by Crippen LogP contribution is -2.37. The molecule has 6 rings (SSSR count). The van der Waals surface area contributed by atoms with Crippen LogP contribution in [0.15, 0.2) is 140 Å². The number of aromatic nitrogens is 2. The molecule has 226 valence electrons. The Kier molecular flexibility index (Phi) is 8.63. The number of rotatable bonds is 11. The van der Waals surface area contributed by atoms with Crippen molar-refractivity contribution in [2.45, 2.75) is 37.6 Å². The average molecular weight is 594 g/mol. The molecule has 1 heterocycles. The monoisotopic (exact) mass is 593 g/mol. The molecule has 1 aromatic heterocycles. The van der Waals surface area contributed by atoms with Crippen LogP contribution in [0.25, 0.3) is 10.8 Å². The van der Waals surface area contributed by atoms with E-state index >= 15 is 0 Å². The molecule has 0 bridgehead atoms. The Labute approximate surface area is 265 Å². The lowest BCUT2D eigenvalue weighted by molar-refractivity contribution is 0.100. The maximum atomic E-state index is 11.8. The summed E-state index contributed by atoms with van der Waals surface area (Å²) in [5, 5.41) is 12.6. The van der Waals surface area contributed by atoms with E-state index in [2.05, 4.69) is 116 Å². The number of nitrogens with zero attached hydrogens (tertiary/aromatic N) is 2. The van der Waals surface area contributed by atoms with Gasteiger partial charge in [-0.2, -0.15) is 0 Å². The van der Waals surface area contributed by atoms with Crippen LogP contribution in [0.5, 0.6) is 0 Å². The van der Waals surface area contributed by atoms with E-state index in [9.17, 15) is 9.90 Å². The predicted molar refractivity (Wildman–Crippen MR) is 181 cm³/mol. The third-order valence-electron chi connectivity index (χ3n) is 9.26. The van der Waals surface area contributed by atoms with Crippen LogP contribution in [-0.4, -0.2) is 27.2 Å². The molecule has 5 aromatic carbocycles. The van der Waals surface area contributed by atoms with Crippen LogP contribution in [0.3, 0.4) is 0 Å². The topological polar surface area (TPSA) is 81.1 Å². The number of carbonyl (C=O) groups is 1. The van der Waals surface area contributed by atoms with Crippen LogP contribution < -0.4 is 5.73 Å². The first-order chi connectivity index (χ1) is 22.0. The van der Waals surface area contributed by atoms with Crippen molar-refractivity contribution >= 4 is 16.7 Å². The first kappa shape index (κ1) is 30.0. The quantitative estimate of drug-likeness (QED) is 0.150. The zero-order valence-corrected chi connectivity index (χ0v) is 25.8. The highest BCUT2D eigenvalue weighted by Gasteiger charge is 2.39. The third-order valence-corrected chi connectivity index (χ3v) is 9.26. The standard InChI is InChI=1S/C40H39N3O2/c1-3-36(31-21-19-30-24-32(39(41)45)22-20-29(30)23-31)38(28(2)26-44)37-25-43(27-42-37)40(33-13-7-4-8-14-33,34-15-9-5-10-16-34)35-17-11-6-12-18-35/h4-25,27-28,36,38,44H,3,26H2,1-2H3,(H2,41,45). The molecule has 0 spiro atoms. The first-order valence-electron chi connectivity index (χ1n) is 15.6. The molecule has 5 heteroatoms. The van der Waals surface area contributed by atoms with E-state index in [1.54, 1.807) is 6.07 Å². The summed E-state index contributed by atoms with van der Waals surface area (Å²) in [6.45, 7) is 4.34. The molecule has 0 fully saturated rings. The fraction of sp³-hybridized carbons (Fsp3) is 0.200. The molecule has 1 amide bonds. The predicted octanol–water partition coefficient (Wildman–Crippen LogP) is 7.88. The number of hydrogen-bond donors (Lipinski definition) is 2. The van der Waals surface area contributed by atoms with Gasteiger partial charge in [-0.05, 0) is 63.4 Å². The number of primary amides is 1. The SMILES string of the molecule is CCC(c1ccc2cc(C(N)=O)ccc2c1)C(c1cn(C(c2ccccc2)(c2ccccc2)c2ccccc2)cn1)C(C)CO. The van der Waals surface area contributed by atoms with Crippen LogP contribution in [0.2, 0.25) is 0 Å². The average Bonchev–Trinajstić information content (AvgIpc) is 3.58. The molecule has 3 N–H and O–H groups in total. The van der Waals surface area contributed by atoms with E-state index in [1.165, 1.54) is 5.56 Å². The van der Waals surface area contributed by atoms with Gasteiger partial charge in [0.15, 0.2) is 0 Å². The molecule has 0 radical (unpaired) electrons. The van der Waals surface area contributed by atoms with Crippen LogP contribution in [0.4, 0.5) is 0 Å². The summed E-state index contributed by atoms with van der Waals surface area (Å²) >= 11 is 0. The molecule has 0 saturated carbocycles. The van der Waals surface area contributed by atoms with Crippen LogP contribution in [-0.2, 0) is 5.54 Å². The highest BCUT2D eigenvalue weighted by molar-refractivity contribution is 5.97. The van der Waals surface area contributed by atoms with Gasteiger partial charge in [0.2, 0.25) is 5.91 Å². The maximum absolute atomic E-state index is 11.8. The molecule has 0 aliphatic rings. The summed E-state index contributed by atoms with van der Waals surface area (Å²) in [4.78, 5) is 16.9. The Hall–Kier alpha value is -5.00. The van der Waals surface area contributed by atoms with Gasteiger partial charge < -0.3 is 15.4 Å². The highest BCUT2D eigenvalue weighted by Crippen LogP contribution is 2.44. The van der Waals surface area contributed by atoms with Gasteiger partial charge in [-0.1, -0.05) is 129 Å². The summed E-state index contributed by atoms with van der Waals surface area (Å²) in [6.07, 6.45) is 5.01. The molecule has 5 nitrogen and oxygen atoms in total. The van der Waals surface area contributed by atoms with Crippen molar-refractivity contribution in [3.8, 4) is 0 Å². The summed E-state index contributed by atoms with van der Waals surface area (Å²) in [5.41, 5.74) is 10.9. The van der Waals surface area contributed by atoms with E-state index in [-0.39, 0.29) is 24.4 Å². The van der Waals surface area contributed by atoms with Gasteiger partial charge in [0.1, 0.15) is 5.54 Å². The summed E-state index contributed by atoms with van der Waals surface area (Å²) in [5.74, 6) is -0.401. The molecular formula is C40H39N3O2. The van der Waals surface area contributed by atoms with Crippen molar-refractivity contribution in [2.75, 3.05) is 6.61 Å². The zero-order valence-electron chi connectivity index (χ0n) is 25.8. The number of benzene rings is 5. The largest absolute Gasteiger partial charge is 0.396 e. The normalized spacial score (nSPS) is 13.8. The highest BCUT2D eigenvalue weighted by atomic mass is 16.3. The second-order valence-corrected chi connectivity index (χ2v) is 11.9. The van der Waals surface area contributed by atoms with Gasteiger partial charge in [-0.25, -0.2) is 4.98 Å². The first-order valence-corrected chi connectivity index (χ1v) is 15.6. The smallest absolute Gasteiger partial charge is 0.248 e. The van der Waals surface area contributed by atoms with E-state index < -0.39 is 11.4 Å². The van der Waals surface area contributed by atoms with Crippen LogP contribution in [0, 0.1) is 5.92 Å². The number of nitrogens with two attached hydrogens (primary N) is 1. The van der Waals surface area contributed by atoms with Crippen molar-refractivity contribution in [1.82, 2.24) is 9.55 Å². The molecule has 6 aromatic rings. The maximum Gasteiger partial charge on any atom is 0.248 e. The lowest BCUT2D eigenvalue weighted by Gasteiger charge is -2.37. The third kappa shape index (κ3) is 5.56. The molecule has 3 atom stereocenters. The Morgan fingerprint density at radius 3 is 1.84 bits per heavy atom. The summed E-state index contributed by atoms with van der Waals surface area (Å²) in [7, 11) is 0. The van der Waals surface area contributed by atoms with E-state index in [4.69, 9.17) is 10.7 Å². The molecular weight excluding hydrogens is 554 g/mol. The number of aliphatic hydroxyl groups excluding tert-OH is 1. The number of imidazole rings is 1. The van der Waals surface area contributed by atoms with Crippen molar-refractivity contribution < 1.29 is 9.90 Å². The van der Waals surface area contributed by atoms with Crippen molar-refractivity contribution in [3.05, 3.63) is 173 Å². The second kappa shape index (κ2) is 12.9. The Morgan fingerprint density at radius 2 is 1.33 bits per heavy atom. The molecule has 0 aliphatic carbocycles. The summed E-state index contributed by atoms with van der Waals surface area (Å²) in [6, 6.07) is 43.7. The van der Waals surface area contributed by atoms with E-state index in [1.807, 2.05) is 36.7 Å². The Bertz CT molecular complexity index is 1790. The minimum Gasteiger partial charge on any atom is -0.396 e. The molecule has 3 unspecified atom stereocenters. The fourth-order valence-corrected chi connectivity index (χ4v) is 7.03. The second-order valence-electron chi connectivity index (χ2n) is 11.9. The zero-order chi connectivity index (χ0) is 31.4. The van der Waals surface area contributed by atoms with E-state index in [0.717, 1.165) is 39.6 Å². The van der Waals surface area contributed by atoms with Crippen molar-refractivity contribution in [1.29, 1.82) is 0 Å². The van der Waals surface area contributed by atoms with Gasteiger partial charge in [-0.3, -0.25) is 4.79 Å². The summed E-state index contributed by atoms with van der Waals surface area (Å²) < 4.78 is 2.25. The van der Waals surface area contributed by atoms with Crippen LogP contribution in [0.1, 0.15) is 70.4 Å². The van der Waals surface area contributed by atoms with Gasteiger partial charge in [-0.15, -0.1) is 0 Å². The number of hydrogen-bond acceptors (Lipinski definition) is 3. The molecule has 0 aliphatic heterocycles. The van der Waals surface area contributed by atoms with Gasteiger partial charge in [0.25, 0.3) is 0 Å². The van der Waals surface area contributed by atoms with Crippen LogP contribution >= 0.6 is 0 Å². The fourth-order valence-electron chi connectivity index (χ4n) is 7.03. The number of carbonyl (C=O) groups excluding carboxylic acids is 1. The Morgan fingerprint density at radius 1 is 0.800 bits per heavy atom.